The van der Waals surface area contributed by atoms with Gasteiger partial charge in [-0.05, 0) is 50.3 Å². The van der Waals surface area contributed by atoms with Gasteiger partial charge in [0.25, 0.3) is 0 Å². The number of nitrogens with zero attached hydrogens (tertiary/aromatic N) is 3. The van der Waals surface area contributed by atoms with Gasteiger partial charge in [0.05, 0.1) is 5.52 Å². The van der Waals surface area contributed by atoms with E-state index in [1.807, 2.05) is 12.1 Å². The third kappa shape index (κ3) is 2.96. The first-order valence-electron chi connectivity index (χ1n) is 8.78. The van der Waals surface area contributed by atoms with Crippen LogP contribution in [0.4, 0.5) is 5.82 Å². The minimum Gasteiger partial charge on any atom is -0.365 e. The molecule has 1 aliphatic carbocycles. The molecule has 4 rings (SSSR count). The molecule has 0 bridgehead atoms. The molecule has 0 unspecified atom stereocenters. The smallest absolute Gasteiger partial charge is 0.234 e. The first-order chi connectivity index (χ1) is 12.1. The molecule has 1 fully saturated rings. The van der Waals surface area contributed by atoms with Crippen LogP contribution in [0.25, 0.3) is 22.3 Å². The molecule has 3 aromatic rings. The normalized spacial score (nSPS) is 15.6. The number of aromatic nitrogens is 3. The van der Waals surface area contributed by atoms with Crippen LogP contribution in [0.2, 0.25) is 0 Å². The zero-order valence-corrected chi connectivity index (χ0v) is 14.5. The van der Waals surface area contributed by atoms with Gasteiger partial charge in [-0.15, -0.1) is 0 Å². The van der Waals surface area contributed by atoms with Crippen LogP contribution in [0.1, 0.15) is 37.6 Å². The summed E-state index contributed by atoms with van der Waals surface area (Å²) in [6.45, 7) is 4.27. The minimum absolute atomic E-state index is 0.200. The summed E-state index contributed by atoms with van der Waals surface area (Å²) in [5, 5.41) is 12.8. The number of benzene rings is 1. The largest absolute Gasteiger partial charge is 0.365 e. The summed E-state index contributed by atoms with van der Waals surface area (Å²) >= 11 is 0. The van der Waals surface area contributed by atoms with Crippen LogP contribution in [-0.4, -0.2) is 21.0 Å². The monoisotopic (exact) mass is 331 g/mol. The molecule has 1 atom stereocenters. The van der Waals surface area contributed by atoms with Crippen molar-refractivity contribution in [1.82, 2.24) is 15.0 Å². The van der Waals surface area contributed by atoms with Gasteiger partial charge in [0.15, 0.2) is 5.82 Å². The summed E-state index contributed by atoms with van der Waals surface area (Å²) in [5.41, 5.74) is 4.93. The maximum atomic E-state index is 9.27. The minimum atomic E-state index is 0.200. The number of nitriles is 1. The molecule has 1 aliphatic rings. The number of H-pyrrole nitrogens is 1. The van der Waals surface area contributed by atoms with Crippen molar-refractivity contribution in [2.24, 2.45) is 5.92 Å². The van der Waals surface area contributed by atoms with E-state index in [9.17, 15) is 5.26 Å². The van der Waals surface area contributed by atoms with Gasteiger partial charge in [-0.2, -0.15) is 10.2 Å². The number of hydrogen-bond donors (Lipinski definition) is 2. The van der Waals surface area contributed by atoms with E-state index < -0.39 is 0 Å². The average Bonchev–Trinajstić information content (AvgIpc) is 2.97. The molecule has 0 saturated heterocycles. The highest BCUT2D eigenvalue weighted by Crippen LogP contribution is 2.33. The van der Waals surface area contributed by atoms with E-state index in [4.69, 9.17) is 0 Å². The van der Waals surface area contributed by atoms with Gasteiger partial charge in [-0.3, -0.25) is 0 Å². The molecule has 1 aromatic carbocycles. The Kier molecular flexibility index (Phi) is 3.89. The van der Waals surface area contributed by atoms with Gasteiger partial charge in [0, 0.05) is 11.7 Å². The summed E-state index contributed by atoms with van der Waals surface area (Å²) in [7, 11) is 0. The van der Waals surface area contributed by atoms with E-state index in [2.05, 4.69) is 58.4 Å². The molecular weight excluding hydrogens is 310 g/mol. The lowest BCUT2D eigenvalue weighted by Crippen LogP contribution is -2.31. The molecule has 2 heterocycles. The van der Waals surface area contributed by atoms with Crippen LogP contribution in [0.5, 0.6) is 0 Å². The maximum Gasteiger partial charge on any atom is 0.234 e. The summed E-state index contributed by atoms with van der Waals surface area (Å²) in [4.78, 5) is 12.2. The zero-order valence-electron chi connectivity index (χ0n) is 14.5. The van der Waals surface area contributed by atoms with Gasteiger partial charge in [0.2, 0.25) is 5.82 Å². The Morgan fingerprint density at radius 2 is 2.12 bits per heavy atom. The van der Waals surface area contributed by atoms with Crippen LogP contribution in [0.3, 0.4) is 0 Å². The van der Waals surface area contributed by atoms with Crippen molar-refractivity contribution in [3.8, 4) is 17.3 Å². The number of rotatable bonds is 4. The Labute approximate surface area is 147 Å². The summed E-state index contributed by atoms with van der Waals surface area (Å²) in [6.07, 6.45) is 3.82. The van der Waals surface area contributed by atoms with Crippen molar-refractivity contribution in [3.63, 3.8) is 0 Å². The van der Waals surface area contributed by atoms with Gasteiger partial charge in [0.1, 0.15) is 11.6 Å². The predicted molar refractivity (Wildman–Crippen MR) is 99.2 cm³/mol. The molecule has 0 aliphatic heterocycles. The maximum absolute atomic E-state index is 9.27. The predicted octanol–water partition coefficient (Wildman–Crippen LogP) is 4.41. The first-order valence-corrected chi connectivity index (χ1v) is 8.78. The number of hydrogen-bond acceptors (Lipinski definition) is 4. The highest BCUT2D eigenvalue weighted by Gasteiger charge is 2.25. The van der Waals surface area contributed by atoms with Crippen LogP contribution in [0, 0.1) is 24.2 Å². The third-order valence-electron chi connectivity index (χ3n) is 5.13. The van der Waals surface area contributed by atoms with E-state index in [-0.39, 0.29) is 5.82 Å². The van der Waals surface area contributed by atoms with Gasteiger partial charge in [-0.1, -0.05) is 30.2 Å². The quantitative estimate of drug-likeness (QED) is 0.742. The molecule has 2 aromatic heterocycles. The second-order valence-corrected chi connectivity index (χ2v) is 6.94. The Morgan fingerprint density at radius 3 is 2.80 bits per heavy atom. The summed E-state index contributed by atoms with van der Waals surface area (Å²) < 4.78 is 0. The fraction of sp³-hybridized carbons (Fsp3) is 0.350. The highest BCUT2D eigenvalue weighted by atomic mass is 15.1. The standard InChI is InChI=1S/C20H21N5/c1-12-5-3-8-15(9-12)16-10-17-19(24-16)20(25-18(11-21)23-17)22-13(2)14-6-4-7-14/h3,5,8-10,13-14,24H,4,6-7H2,1-2H3,(H,22,23,25)/t13-/m1/s1. The molecule has 0 spiro atoms. The topological polar surface area (TPSA) is 77.4 Å². The third-order valence-corrected chi connectivity index (χ3v) is 5.13. The first kappa shape index (κ1) is 15.6. The number of anilines is 1. The van der Waals surface area contributed by atoms with Crippen LogP contribution >= 0.6 is 0 Å². The molecule has 0 radical (unpaired) electrons. The van der Waals surface area contributed by atoms with Crippen LogP contribution in [-0.2, 0) is 0 Å². The molecule has 5 heteroatoms. The SMILES string of the molecule is Cc1cccc(-c2cc3nc(C#N)nc(N[C@H](C)C4CCC4)c3[nH]2)c1. The zero-order chi connectivity index (χ0) is 17.4. The van der Waals surface area contributed by atoms with E-state index in [0.717, 1.165) is 28.1 Å². The fourth-order valence-corrected chi connectivity index (χ4v) is 3.41. The number of aryl methyl sites for hydroxylation is 1. The second kappa shape index (κ2) is 6.21. The average molecular weight is 331 g/mol. The lowest BCUT2D eigenvalue weighted by Gasteiger charge is -2.32. The van der Waals surface area contributed by atoms with E-state index in [1.165, 1.54) is 24.8 Å². The molecule has 25 heavy (non-hydrogen) atoms. The molecule has 1 saturated carbocycles. The number of nitrogens with one attached hydrogen (secondary N) is 2. The lowest BCUT2D eigenvalue weighted by atomic mass is 9.80. The lowest BCUT2D eigenvalue weighted by molar-refractivity contribution is 0.285. The van der Waals surface area contributed by atoms with Gasteiger partial charge in [-0.25, -0.2) is 4.98 Å². The van der Waals surface area contributed by atoms with Crippen LogP contribution < -0.4 is 5.32 Å². The van der Waals surface area contributed by atoms with Gasteiger partial charge < -0.3 is 10.3 Å². The Morgan fingerprint density at radius 1 is 1.28 bits per heavy atom. The summed E-state index contributed by atoms with van der Waals surface area (Å²) in [5.74, 6) is 1.60. The molecule has 2 N–H and O–H groups in total. The van der Waals surface area contributed by atoms with E-state index in [1.54, 1.807) is 0 Å². The Bertz CT molecular complexity index is 962. The van der Waals surface area contributed by atoms with Crippen molar-refractivity contribution in [2.45, 2.75) is 39.2 Å². The van der Waals surface area contributed by atoms with Crippen molar-refractivity contribution in [3.05, 3.63) is 41.7 Å². The second-order valence-electron chi connectivity index (χ2n) is 6.94. The number of fused-ring (bicyclic) bond motifs is 1. The molecule has 0 amide bonds. The Hall–Kier alpha value is -2.87. The van der Waals surface area contributed by atoms with E-state index in [0.29, 0.717) is 12.0 Å². The highest BCUT2D eigenvalue weighted by molar-refractivity contribution is 5.90. The van der Waals surface area contributed by atoms with Crippen molar-refractivity contribution >= 4 is 16.9 Å². The molecule has 5 nitrogen and oxygen atoms in total. The van der Waals surface area contributed by atoms with Crippen molar-refractivity contribution in [1.29, 1.82) is 5.26 Å². The summed E-state index contributed by atoms with van der Waals surface area (Å²) in [6, 6.07) is 12.7. The van der Waals surface area contributed by atoms with Gasteiger partial charge >= 0.3 is 0 Å². The molecule has 126 valence electrons. The molecular formula is C20H21N5. The fourth-order valence-electron chi connectivity index (χ4n) is 3.41. The van der Waals surface area contributed by atoms with Crippen LogP contribution in [0.15, 0.2) is 30.3 Å². The van der Waals surface area contributed by atoms with E-state index >= 15 is 0 Å². The Balaban J connectivity index is 1.77. The van der Waals surface area contributed by atoms with Crippen molar-refractivity contribution < 1.29 is 0 Å². The number of aromatic amines is 1. The van der Waals surface area contributed by atoms with Crippen molar-refractivity contribution in [2.75, 3.05) is 5.32 Å².